The minimum absolute atomic E-state index is 0. The summed E-state index contributed by atoms with van der Waals surface area (Å²) >= 11 is 0. The second kappa shape index (κ2) is 5.86. The van der Waals surface area contributed by atoms with Gasteiger partial charge in [-0.1, -0.05) is 31.2 Å². The van der Waals surface area contributed by atoms with Crippen LogP contribution in [-0.4, -0.2) is 4.57 Å². The predicted molar refractivity (Wildman–Crippen MR) is 89.6 cm³/mol. The number of hydrogen-bond donors (Lipinski definition) is 1. The van der Waals surface area contributed by atoms with Gasteiger partial charge in [0.15, 0.2) is 0 Å². The average molecular weight is 289 g/mol. The van der Waals surface area contributed by atoms with Crippen LogP contribution in [0.25, 0.3) is 21.8 Å². The first-order chi connectivity index (χ1) is 9.26. The minimum atomic E-state index is 0. The first-order valence-electron chi connectivity index (χ1n) is 7.02. The zero-order valence-corrected chi connectivity index (χ0v) is 12.8. The highest BCUT2D eigenvalue weighted by molar-refractivity contribution is 6.08. The first-order valence-corrected chi connectivity index (χ1v) is 7.02. The molecule has 0 unspecified atom stereocenters. The van der Waals surface area contributed by atoms with Crippen LogP contribution in [-0.2, 0) is 6.54 Å². The van der Waals surface area contributed by atoms with E-state index in [9.17, 15) is 0 Å². The summed E-state index contributed by atoms with van der Waals surface area (Å²) in [4.78, 5) is 0. The van der Waals surface area contributed by atoms with E-state index in [0.717, 1.165) is 13.0 Å². The summed E-state index contributed by atoms with van der Waals surface area (Å²) in [7, 11) is 0. The third-order valence-electron chi connectivity index (χ3n) is 3.98. The van der Waals surface area contributed by atoms with Gasteiger partial charge in [-0.05, 0) is 37.1 Å². The lowest BCUT2D eigenvalue weighted by Gasteiger charge is -2.09. The molecule has 20 heavy (non-hydrogen) atoms. The summed E-state index contributed by atoms with van der Waals surface area (Å²) in [5, 5.41) is 2.64. The van der Waals surface area contributed by atoms with E-state index >= 15 is 0 Å². The summed E-state index contributed by atoms with van der Waals surface area (Å²) < 4.78 is 2.37. The van der Waals surface area contributed by atoms with Crippen LogP contribution in [0, 0.1) is 0 Å². The van der Waals surface area contributed by atoms with Crippen molar-refractivity contribution in [1.82, 2.24) is 4.57 Å². The topological polar surface area (TPSA) is 30.9 Å². The maximum Gasteiger partial charge on any atom is 0.0491 e. The molecule has 2 aromatic carbocycles. The maximum atomic E-state index is 6.16. The molecule has 1 heterocycles. The van der Waals surface area contributed by atoms with Crippen molar-refractivity contribution in [3.63, 3.8) is 0 Å². The zero-order valence-electron chi connectivity index (χ0n) is 12.0. The lowest BCUT2D eigenvalue weighted by Crippen LogP contribution is -2.08. The van der Waals surface area contributed by atoms with E-state index in [-0.39, 0.29) is 18.4 Å². The molecule has 0 aliphatic rings. The van der Waals surface area contributed by atoms with Crippen LogP contribution in [0.5, 0.6) is 0 Å². The van der Waals surface area contributed by atoms with E-state index in [4.69, 9.17) is 5.73 Å². The van der Waals surface area contributed by atoms with Crippen molar-refractivity contribution in [2.24, 2.45) is 5.73 Å². The molecule has 3 rings (SSSR count). The average Bonchev–Trinajstić information content (AvgIpc) is 2.79. The van der Waals surface area contributed by atoms with E-state index in [2.05, 4.69) is 60.9 Å². The molecule has 1 aromatic heterocycles. The van der Waals surface area contributed by atoms with Gasteiger partial charge in [-0.2, -0.15) is 0 Å². The van der Waals surface area contributed by atoms with Crippen molar-refractivity contribution in [2.75, 3.05) is 0 Å². The molecular weight excluding hydrogens is 268 g/mol. The highest BCUT2D eigenvalue weighted by atomic mass is 35.5. The number of nitrogens with zero attached hydrogens (tertiary/aromatic N) is 1. The van der Waals surface area contributed by atoms with Crippen LogP contribution in [0.3, 0.4) is 0 Å². The maximum absolute atomic E-state index is 6.16. The Morgan fingerprint density at radius 3 is 2.40 bits per heavy atom. The second-order valence-electron chi connectivity index (χ2n) is 5.05. The van der Waals surface area contributed by atoms with Crippen LogP contribution < -0.4 is 5.73 Å². The van der Waals surface area contributed by atoms with Gasteiger partial charge in [-0.25, -0.2) is 0 Å². The highest BCUT2D eigenvalue weighted by Crippen LogP contribution is 2.31. The third kappa shape index (κ3) is 2.19. The Bertz CT molecular complexity index is 730. The number of para-hydroxylation sites is 1. The first kappa shape index (κ1) is 14.9. The van der Waals surface area contributed by atoms with Gasteiger partial charge in [0.05, 0.1) is 0 Å². The Balaban J connectivity index is 0.00000147. The SMILES string of the molecule is CC[C@@H](N)c1ccc2c(c1)c1ccccc1n2CC.Cl. The van der Waals surface area contributed by atoms with E-state index in [1.807, 2.05) is 0 Å². The number of aryl methyl sites for hydroxylation is 1. The standard InChI is InChI=1S/C17H20N2.ClH/c1-3-15(18)12-9-10-17-14(11-12)13-7-5-6-8-16(13)19(17)4-2;/h5-11,15H,3-4,18H2,1-2H3;1H/t15-;/m1./s1. The number of nitrogens with two attached hydrogens (primary N) is 1. The third-order valence-corrected chi connectivity index (χ3v) is 3.98. The van der Waals surface area contributed by atoms with Gasteiger partial charge in [0, 0.05) is 34.4 Å². The van der Waals surface area contributed by atoms with Crippen LogP contribution in [0.4, 0.5) is 0 Å². The fraction of sp³-hybridized carbons (Fsp3) is 0.294. The molecule has 0 fully saturated rings. The molecule has 0 spiro atoms. The fourth-order valence-corrected chi connectivity index (χ4v) is 2.88. The van der Waals surface area contributed by atoms with Gasteiger partial charge < -0.3 is 10.3 Å². The fourth-order valence-electron chi connectivity index (χ4n) is 2.88. The molecule has 0 aliphatic carbocycles. The summed E-state index contributed by atoms with van der Waals surface area (Å²) in [5.41, 5.74) is 10.0. The molecule has 3 aromatic rings. The van der Waals surface area contributed by atoms with E-state index in [0.29, 0.717) is 0 Å². The van der Waals surface area contributed by atoms with Crippen molar-refractivity contribution < 1.29 is 0 Å². The molecule has 0 amide bonds. The molecule has 0 aliphatic heterocycles. The molecule has 0 saturated carbocycles. The normalized spacial score (nSPS) is 12.6. The molecule has 0 radical (unpaired) electrons. The van der Waals surface area contributed by atoms with Crippen LogP contribution >= 0.6 is 12.4 Å². The minimum Gasteiger partial charge on any atom is -0.341 e. The molecule has 0 bridgehead atoms. The Kier molecular flexibility index (Phi) is 4.36. The summed E-state index contributed by atoms with van der Waals surface area (Å²) in [6, 6.07) is 15.4. The number of benzene rings is 2. The number of aromatic nitrogens is 1. The van der Waals surface area contributed by atoms with Gasteiger partial charge in [0.1, 0.15) is 0 Å². The monoisotopic (exact) mass is 288 g/mol. The quantitative estimate of drug-likeness (QED) is 0.747. The molecule has 1 atom stereocenters. The van der Waals surface area contributed by atoms with Gasteiger partial charge in [-0.3, -0.25) is 0 Å². The number of rotatable bonds is 3. The Morgan fingerprint density at radius 1 is 1.00 bits per heavy atom. The number of fused-ring (bicyclic) bond motifs is 3. The molecule has 3 heteroatoms. The Labute approximate surface area is 126 Å². The van der Waals surface area contributed by atoms with Gasteiger partial charge >= 0.3 is 0 Å². The van der Waals surface area contributed by atoms with E-state index in [1.54, 1.807) is 0 Å². The lowest BCUT2D eigenvalue weighted by molar-refractivity contribution is 0.699. The van der Waals surface area contributed by atoms with E-state index in [1.165, 1.54) is 27.4 Å². The van der Waals surface area contributed by atoms with Crippen LogP contribution in [0.15, 0.2) is 42.5 Å². The largest absolute Gasteiger partial charge is 0.341 e. The van der Waals surface area contributed by atoms with Crippen LogP contribution in [0.2, 0.25) is 0 Å². The molecule has 2 nitrogen and oxygen atoms in total. The summed E-state index contributed by atoms with van der Waals surface area (Å²) in [6.45, 7) is 5.31. The van der Waals surface area contributed by atoms with Gasteiger partial charge in [-0.15, -0.1) is 12.4 Å². The lowest BCUT2D eigenvalue weighted by atomic mass is 10.0. The zero-order chi connectivity index (χ0) is 13.4. The number of hydrogen-bond acceptors (Lipinski definition) is 1. The van der Waals surface area contributed by atoms with Crippen molar-refractivity contribution in [3.8, 4) is 0 Å². The highest BCUT2D eigenvalue weighted by Gasteiger charge is 2.11. The smallest absolute Gasteiger partial charge is 0.0491 e. The Hall–Kier alpha value is -1.51. The van der Waals surface area contributed by atoms with Crippen molar-refractivity contribution in [3.05, 3.63) is 48.0 Å². The number of halogens is 1. The summed E-state index contributed by atoms with van der Waals surface area (Å²) in [5.74, 6) is 0. The van der Waals surface area contributed by atoms with Gasteiger partial charge in [0.25, 0.3) is 0 Å². The van der Waals surface area contributed by atoms with E-state index < -0.39 is 0 Å². The van der Waals surface area contributed by atoms with Crippen molar-refractivity contribution in [2.45, 2.75) is 32.9 Å². The van der Waals surface area contributed by atoms with Crippen molar-refractivity contribution in [1.29, 1.82) is 0 Å². The second-order valence-corrected chi connectivity index (χ2v) is 5.05. The van der Waals surface area contributed by atoms with Crippen LogP contribution in [0.1, 0.15) is 31.9 Å². The summed E-state index contributed by atoms with van der Waals surface area (Å²) in [6.07, 6.45) is 0.970. The molecular formula is C17H21ClN2. The Morgan fingerprint density at radius 2 is 1.70 bits per heavy atom. The molecule has 106 valence electrons. The van der Waals surface area contributed by atoms with Gasteiger partial charge in [0.2, 0.25) is 0 Å². The van der Waals surface area contributed by atoms with Crippen molar-refractivity contribution >= 4 is 34.2 Å². The predicted octanol–water partition coefficient (Wildman–Crippen LogP) is 4.65. The molecule has 2 N–H and O–H groups in total. The molecule has 0 saturated heterocycles.